The van der Waals surface area contributed by atoms with Crippen molar-refractivity contribution >= 4 is 34.6 Å². The van der Waals surface area contributed by atoms with E-state index in [4.69, 9.17) is 0 Å². The third-order valence-corrected chi connectivity index (χ3v) is 10.6. The third-order valence-electron chi connectivity index (χ3n) is 10.6. The van der Waals surface area contributed by atoms with Crippen molar-refractivity contribution in [1.82, 2.24) is 29.9 Å². The summed E-state index contributed by atoms with van der Waals surface area (Å²) >= 11 is 0. The molecule has 7 rings (SSSR count). The van der Waals surface area contributed by atoms with Crippen molar-refractivity contribution in [2.24, 2.45) is 0 Å². The van der Waals surface area contributed by atoms with E-state index in [1.807, 2.05) is 52.3 Å². The van der Waals surface area contributed by atoms with Crippen molar-refractivity contribution in [1.29, 1.82) is 5.26 Å². The SMILES string of the molecule is N#Cc1c[nH]c2ccc(CC(NC(=O)N3CCC(N4Cc5ccccc5NC4=O)CC3)C(=O)N3CCC(N4CCCCC4)CC3)cc12. The van der Waals surface area contributed by atoms with Crippen LogP contribution in [0.5, 0.6) is 0 Å². The van der Waals surface area contributed by atoms with Gasteiger partial charge in [0.05, 0.1) is 5.56 Å². The van der Waals surface area contributed by atoms with Gasteiger partial charge in [-0.2, -0.15) is 5.26 Å². The van der Waals surface area contributed by atoms with E-state index in [-0.39, 0.29) is 24.0 Å². The Morgan fingerprint density at radius 2 is 1.64 bits per heavy atom. The number of nitrogens with one attached hydrogen (secondary N) is 3. The molecule has 1 unspecified atom stereocenters. The van der Waals surface area contributed by atoms with E-state index in [0.29, 0.717) is 63.6 Å². The van der Waals surface area contributed by atoms with E-state index in [0.717, 1.165) is 53.6 Å². The van der Waals surface area contributed by atoms with E-state index in [9.17, 15) is 19.6 Å². The van der Waals surface area contributed by atoms with Crippen molar-refractivity contribution in [3.8, 4) is 6.07 Å². The Balaban J connectivity index is 1.02. The normalized spacial score (nSPS) is 20.4. The maximum absolute atomic E-state index is 14.1. The van der Waals surface area contributed by atoms with Crippen LogP contribution in [0.25, 0.3) is 10.9 Å². The first-order valence-corrected chi connectivity index (χ1v) is 17.2. The topological polar surface area (TPSA) is 128 Å². The summed E-state index contributed by atoms with van der Waals surface area (Å²) in [7, 11) is 0. The lowest BCUT2D eigenvalue weighted by Gasteiger charge is -2.42. The minimum absolute atomic E-state index is 0.0356. The summed E-state index contributed by atoms with van der Waals surface area (Å²) in [4.78, 5) is 52.0. The number of piperidine rings is 3. The Kier molecular flexibility index (Phi) is 9.03. The molecule has 5 amide bonds. The lowest BCUT2D eigenvalue weighted by Crippen LogP contribution is -2.57. The summed E-state index contributed by atoms with van der Waals surface area (Å²) in [6, 6.07) is 15.4. The number of benzene rings is 2. The fourth-order valence-electron chi connectivity index (χ4n) is 7.92. The summed E-state index contributed by atoms with van der Waals surface area (Å²) in [5.41, 5.74) is 4.27. The molecule has 1 atom stereocenters. The maximum Gasteiger partial charge on any atom is 0.322 e. The van der Waals surface area contributed by atoms with Crippen LogP contribution in [0.15, 0.2) is 48.7 Å². The van der Waals surface area contributed by atoms with Crippen LogP contribution in [0.1, 0.15) is 61.6 Å². The number of H-pyrrole nitrogens is 1. The smallest absolute Gasteiger partial charge is 0.322 e. The second kappa shape index (κ2) is 13.7. The predicted octanol–water partition coefficient (Wildman–Crippen LogP) is 4.65. The second-order valence-corrected chi connectivity index (χ2v) is 13.5. The summed E-state index contributed by atoms with van der Waals surface area (Å²) in [5.74, 6) is -0.0522. The number of carbonyl (C=O) groups is 3. The number of carbonyl (C=O) groups excluding carboxylic acids is 3. The van der Waals surface area contributed by atoms with Crippen LogP contribution in [-0.2, 0) is 17.8 Å². The fourth-order valence-corrected chi connectivity index (χ4v) is 7.92. The largest absolute Gasteiger partial charge is 0.360 e. The number of fused-ring (bicyclic) bond motifs is 2. The van der Waals surface area contributed by atoms with Crippen molar-refractivity contribution in [2.75, 3.05) is 44.6 Å². The lowest BCUT2D eigenvalue weighted by atomic mass is 9.98. The molecule has 2 aromatic carbocycles. The van der Waals surface area contributed by atoms with E-state index >= 15 is 0 Å². The van der Waals surface area contributed by atoms with Crippen LogP contribution in [0.3, 0.4) is 0 Å². The van der Waals surface area contributed by atoms with Gasteiger partial charge in [-0.3, -0.25) is 4.79 Å². The number of rotatable bonds is 6. The monoisotopic (exact) mass is 636 g/mol. The molecule has 0 saturated carbocycles. The van der Waals surface area contributed by atoms with Crippen LogP contribution in [0, 0.1) is 11.3 Å². The van der Waals surface area contributed by atoms with Gasteiger partial charge in [0.2, 0.25) is 5.91 Å². The van der Waals surface area contributed by atoms with Gasteiger partial charge in [0.25, 0.3) is 0 Å². The molecular formula is C36H44N8O3. The minimum atomic E-state index is -0.724. The Hall–Kier alpha value is -4.56. The second-order valence-electron chi connectivity index (χ2n) is 13.5. The first-order valence-electron chi connectivity index (χ1n) is 17.2. The number of aromatic nitrogens is 1. The van der Waals surface area contributed by atoms with Crippen molar-refractivity contribution in [3.05, 3.63) is 65.4 Å². The van der Waals surface area contributed by atoms with Gasteiger partial charge in [0.15, 0.2) is 0 Å². The number of anilines is 1. The van der Waals surface area contributed by atoms with E-state index in [1.54, 1.807) is 11.1 Å². The highest BCUT2D eigenvalue weighted by atomic mass is 16.2. The molecule has 246 valence electrons. The molecule has 0 spiro atoms. The van der Waals surface area contributed by atoms with Gasteiger partial charge < -0.3 is 35.2 Å². The predicted molar refractivity (Wildman–Crippen MR) is 180 cm³/mol. The molecular weight excluding hydrogens is 592 g/mol. The van der Waals surface area contributed by atoms with Crippen LogP contribution < -0.4 is 10.6 Å². The van der Waals surface area contributed by atoms with Gasteiger partial charge in [0.1, 0.15) is 12.1 Å². The van der Waals surface area contributed by atoms with Gasteiger partial charge in [-0.05, 0) is 80.9 Å². The van der Waals surface area contributed by atoms with E-state index in [1.165, 1.54) is 19.3 Å². The Morgan fingerprint density at radius 3 is 2.40 bits per heavy atom. The molecule has 3 N–H and O–H groups in total. The highest BCUT2D eigenvalue weighted by Crippen LogP contribution is 2.28. The number of hydrogen-bond acceptors (Lipinski definition) is 5. The molecule has 3 saturated heterocycles. The lowest BCUT2D eigenvalue weighted by molar-refractivity contribution is -0.134. The Morgan fingerprint density at radius 1 is 0.915 bits per heavy atom. The van der Waals surface area contributed by atoms with Gasteiger partial charge in [-0.25, -0.2) is 9.59 Å². The van der Waals surface area contributed by atoms with Gasteiger partial charge in [-0.1, -0.05) is 30.7 Å². The zero-order chi connectivity index (χ0) is 32.3. The Labute approximate surface area is 275 Å². The number of urea groups is 2. The van der Waals surface area contributed by atoms with Crippen molar-refractivity contribution < 1.29 is 14.4 Å². The molecule has 47 heavy (non-hydrogen) atoms. The van der Waals surface area contributed by atoms with Crippen molar-refractivity contribution in [2.45, 2.75) is 76.0 Å². The number of hydrogen-bond donors (Lipinski definition) is 3. The quantitative estimate of drug-likeness (QED) is 0.363. The van der Waals surface area contributed by atoms with E-state index in [2.05, 4.69) is 26.6 Å². The van der Waals surface area contributed by atoms with E-state index < -0.39 is 6.04 Å². The number of aromatic amines is 1. The molecule has 11 heteroatoms. The van der Waals surface area contributed by atoms with Crippen LogP contribution >= 0.6 is 0 Å². The number of para-hydroxylation sites is 1. The summed E-state index contributed by atoms with van der Waals surface area (Å²) in [6.45, 7) is 5.24. The first kappa shape index (κ1) is 31.1. The number of likely N-dealkylation sites (tertiary alicyclic amines) is 3. The van der Waals surface area contributed by atoms with Crippen LogP contribution in [0.2, 0.25) is 0 Å². The van der Waals surface area contributed by atoms with Crippen molar-refractivity contribution in [3.63, 3.8) is 0 Å². The zero-order valence-electron chi connectivity index (χ0n) is 26.9. The standard InChI is InChI=1S/C36H44N8O3/c37-22-27-23-38-32-9-8-25(20-30(27)32)21-33(34(45)42-16-10-28(11-17-42)41-14-4-1-5-15-41)40-35(46)43-18-12-29(13-19-43)44-24-26-6-2-3-7-31(26)39-36(44)47/h2-3,6-9,20,23,28-29,33,38H,1,4-5,10-19,21,24H2,(H,39,47)(H,40,46). The zero-order valence-corrected chi connectivity index (χ0v) is 26.9. The fraction of sp³-hybridized carbons (Fsp3) is 0.500. The van der Waals surface area contributed by atoms with Crippen LogP contribution in [-0.4, -0.2) is 99.9 Å². The average Bonchev–Trinajstić information content (AvgIpc) is 3.53. The number of nitriles is 1. The van der Waals surface area contributed by atoms with Crippen LogP contribution in [0.4, 0.5) is 15.3 Å². The molecule has 0 bridgehead atoms. The van der Waals surface area contributed by atoms with Gasteiger partial charge in [-0.15, -0.1) is 0 Å². The molecule has 1 aromatic heterocycles. The molecule has 4 aliphatic heterocycles. The third kappa shape index (κ3) is 6.65. The Bertz CT molecular complexity index is 1660. The highest BCUT2D eigenvalue weighted by Gasteiger charge is 2.35. The molecule has 0 radical (unpaired) electrons. The summed E-state index contributed by atoms with van der Waals surface area (Å²) in [5, 5.41) is 16.5. The molecule has 4 aliphatic rings. The summed E-state index contributed by atoms with van der Waals surface area (Å²) < 4.78 is 0. The molecule has 5 heterocycles. The number of amides is 5. The molecule has 11 nitrogen and oxygen atoms in total. The summed E-state index contributed by atoms with van der Waals surface area (Å²) in [6.07, 6.45) is 9.10. The van der Waals surface area contributed by atoms with Gasteiger partial charge >= 0.3 is 12.1 Å². The molecule has 3 fully saturated rings. The molecule has 3 aromatic rings. The van der Waals surface area contributed by atoms with Gasteiger partial charge in [0, 0.05) is 74.0 Å². The highest BCUT2D eigenvalue weighted by molar-refractivity contribution is 5.92. The first-order chi connectivity index (χ1) is 23.0. The number of nitrogens with zero attached hydrogens (tertiary/aromatic N) is 5. The minimum Gasteiger partial charge on any atom is -0.360 e. The maximum atomic E-state index is 14.1. The average molecular weight is 637 g/mol. The molecule has 0 aliphatic carbocycles.